The summed E-state index contributed by atoms with van der Waals surface area (Å²) in [6.45, 7) is 0. The largest absolute Gasteiger partial charge is 0.309 e. The number of para-hydroxylation sites is 12. The second-order valence-electron chi connectivity index (χ2n) is 29.3. The summed E-state index contributed by atoms with van der Waals surface area (Å²) in [6.07, 6.45) is 0. The van der Waals surface area contributed by atoms with Crippen LogP contribution in [-0.2, 0) is 0 Å². The predicted octanol–water partition coefficient (Wildman–Crippen LogP) is 26.6. The molecule has 0 N–H and O–H groups in total. The van der Waals surface area contributed by atoms with Gasteiger partial charge in [-0.2, -0.15) is 5.26 Å². The fourth-order valence-electron chi connectivity index (χ4n) is 19.2. The lowest BCUT2D eigenvalue weighted by Crippen LogP contribution is -2.18. The maximum atomic E-state index is 13.4. The van der Waals surface area contributed by atoms with E-state index in [1.807, 2.05) is 0 Å². The van der Waals surface area contributed by atoms with Gasteiger partial charge in [0.25, 0.3) is 0 Å². The van der Waals surface area contributed by atoms with Crippen molar-refractivity contribution in [3.05, 3.63) is 382 Å². The van der Waals surface area contributed by atoms with Gasteiger partial charge in [-0.25, -0.2) is 0 Å². The van der Waals surface area contributed by atoms with Crippen molar-refractivity contribution in [1.29, 1.82) is 5.26 Å². The van der Waals surface area contributed by atoms with E-state index in [4.69, 9.17) is 0 Å². The third-order valence-corrected chi connectivity index (χ3v) is 23.7. The minimum atomic E-state index is 0.510. The summed E-state index contributed by atoms with van der Waals surface area (Å²) >= 11 is 0. The zero-order chi connectivity index (χ0) is 72.7. The number of hydrogen-bond acceptors (Lipinski definition) is 1. The van der Waals surface area contributed by atoms with Crippen LogP contribution < -0.4 is 0 Å². The van der Waals surface area contributed by atoms with E-state index in [0.717, 1.165) is 182 Å². The van der Waals surface area contributed by atoms with Crippen molar-refractivity contribution >= 4 is 153 Å². The molecule has 0 saturated heterocycles. The van der Waals surface area contributed by atoms with Crippen LogP contribution in [0.25, 0.3) is 215 Å². The Bertz CT molecular complexity index is 7920. The summed E-state index contributed by atoms with van der Waals surface area (Å²) in [5, 5.41) is 29.2. The van der Waals surface area contributed by atoms with Crippen molar-refractivity contribution in [3.8, 4) is 68.1 Å². The first kappa shape index (κ1) is 61.0. The lowest BCUT2D eigenvalue weighted by molar-refractivity contribution is 0.992. The Balaban J connectivity index is 0.798. The van der Waals surface area contributed by atoms with Crippen LogP contribution >= 0.6 is 0 Å². The van der Waals surface area contributed by atoms with Gasteiger partial charge in [0.05, 0.1) is 106 Å². The Hall–Kier alpha value is -15.2. The number of hydrogen-bond donors (Lipinski definition) is 0. The number of aromatic nitrogens is 7. The van der Waals surface area contributed by atoms with Gasteiger partial charge >= 0.3 is 0 Å². The maximum Gasteiger partial charge on any atom is 0.105 e. The molecule has 111 heavy (non-hydrogen) atoms. The average Bonchev–Trinajstić information content (AvgIpc) is 1.58. The van der Waals surface area contributed by atoms with Gasteiger partial charge in [0.1, 0.15) is 11.6 Å². The van der Waals surface area contributed by atoms with Crippen LogP contribution in [0.4, 0.5) is 0 Å². The lowest BCUT2D eigenvalue weighted by atomic mass is 10.00. The molecule has 514 valence electrons. The Morgan fingerprint density at radius 3 is 0.595 bits per heavy atom. The average molecular weight is 1410 g/mol. The first-order chi connectivity index (χ1) is 55.1. The monoisotopic (exact) mass is 1410 g/mol. The van der Waals surface area contributed by atoms with Gasteiger partial charge in [-0.1, -0.05) is 255 Å². The molecule has 0 unspecified atom stereocenters. The van der Waals surface area contributed by atoms with E-state index in [-0.39, 0.29) is 0 Å². The Morgan fingerprint density at radius 2 is 0.342 bits per heavy atom. The standard InChI is InChI=1S/C103H62N8/c104-63-84-99(107-88-46-16-3-33-72(88)73-34-4-17-47-89(73)107)101(109-92-50-20-7-37-76(92)77-38-8-21-51-93(77)109)103(110-94-52-22-9-39-78(94)79-40-10-23-53-95(79)110)102(100(84)108-90-48-18-5-35-74(90)75-36-6-19-49-91(75)108)111-96-54-24-12-42-81(96)83-62-67(56-58-98(83)111)66-55-57-97-82(61-66)80-41-11-15-45-87(80)106(97)69-30-26-28-65(60-69)64-27-25-29-68(59-64)105-85-43-13-1-31-70(85)71-32-2-14-44-86(71)105/h1-62H. The number of benzene rings is 17. The van der Waals surface area contributed by atoms with Gasteiger partial charge in [0, 0.05) is 86.8 Å². The van der Waals surface area contributed by atoms with E-state index in [1.54, 1.807) is 0 Å². The summed E-state index contributed by atoms with van der Waals surface area (Å²) in [4.78, 5) is 0. The van der Waals surface area contributed by atoms with E-state index < -0.39 is 0 Å². The predicted molar refractivity (Wildman–Crippen MR) is 462 cm³/mol. The molecule has 8 nitrogen and oxygen atoms in total. The van der Waals surface area contributed by atoms with Crippen LogP contribution in [0.5, 0.6) is 0 Å². The lowest BCUT2D eigenvalue weighted by Gasteiger charge is -2.30. The minimum Gasteiger partial charge on any atom is -0.309 e. The van der Waals surface area contributed by atoms with Crippen molar-refractivity contribution < 1.29 is 0 Å². The van der Waals surface area contributed by atoms with E-state index in [0.29, 0.717) is 5.56 Å². The van der Waals surface area contributed by atoms with Gasteiger partial charge in [0.2, 0.25) is 0 Å². The molecule has 24 aromatic rings. The maximum absolute atomic E-state index is 13.4. The van der Waals surface area contributed by atoms with Crippen LogP contribution in [0, 0.1) is 11.3 Å². The molecule has 0 fully saturated rings. The van der Waals surface area contributed by atoms with Crippen LogP contribution in [-0.4, -0.2) is 32.0 Å². The van der Waals surface area contributed by atoms with Gasteiger partial charge in [0.15, 0.2) is 0 Å². The Labute approximate surface area is 635 Å². The molecule has 8 heteroatoms. The van der Waals surface area contributed by atoms with Crippen molar-refractivity contribution in [2.45, 2.75) is 0 Å². The minimum absolute atomic E-state index is 0.510. The second kappa shape index (κ2) is 23.4. The number of rotatable bonds is 9. The van der Waals surface area contributed by atoms with Crippen molar-refractivity contribution in [1.82, 2.24) is 32.0 Å². The number of fused-ring (bicyclic) bond motifs is 21. The molecule has 0 radical (unpaired) electrons. The molecule has 0 bridgehead atoms. The molecular weight excluding hydrogens is 1350 g/mol. The molecule has 0 aliphatic rings. The highest BCUT2D eigenvalue weighted by Gasteiger charge is 2.37. The number of nitrogens with zero attached hydrogens (tertiary/aromatic N) is 8. The van der Waals surface area contributed by atoms with Crippen LogP contribution in [0.3, 0.4) is 0 Å². The SMILES string of the molecule is N#Cc1c(-n2c3ccccc3c3ccccc32)c(-n2c3ccccc3c3ccccc32)c(-n2c3ccccc3c3ccccc32)c(-n2c3ccccc3c3cc(-c4ccc5c(c4)c4ccccc4n5-c4cccc(-c5cccc(-n6c7ccccc7c7ccccc76)c5)c4)ccc32)c1-n1c2ccccc2c2ccccc21. The fourth-order valence-corrected chi connectivity index (χ4v) is 19.2. The Morgan fingerprint density at radius 1 is 0.153 bits per heavy atom. The normalized spacial score (nSPS) is 12.1. The van der Waals surface area contributed by atoms with Gasteiger partial charge < -0.3 is 32.0 Å². The molecule has 7 heterocycles. The van der Waals surface area contributed by atoms with Crippen LogP contribution in [0.2, 0.25) is 0 Å². The van der Waals surface area contributed by atoms with Crippen LogP contribution in [0.15, 0.2) is 376 Å². The van der Waals surface area contributed by atoms with Gasteiger partial charge in [-0.3, -0.25) is 0 Å². The smallest absolute Gasteiger partial charge is 0.105 e. The topological polar surface area (TPSA) is 58.3 Å². The highest BCUT2D eigenvalue weighted by molar-refractivity contribution is 6.20. The number of nitriles is 1. The molecule has 0 amide bonds. The van der Waals surface area contributed by atoms with Gasteiger partial charge in [-0.05, 0) is 144 Å². The van der Waals surface area contributed by atoms with Gasteiger partial charge in [-0.15, -0.1) is 0 Å². The molecule has 17 aromatic carbocycles. The fraction of sp³-hybridized carbons (Fsp3) is 0. The van der Waals surface area contributed by atoms with E-state index in [1.165, 1.54) is 32.6 Å². The molecule has 0 saturated carbocycles. The van der Waals surface area contributed by atoms with E-state index in [9.17, 15) is 5.26 Å². The summed E-state index contributed by atoms with van der Waals surface area (Å²) in [5.74, 6) is 0. The third kappa shape index (κ3) is 8.57. The summed E-state index contributed by atoms with van der Waals surface area (Å²) in [6, 6.07) is 141. The van der Waals surface area contributed by atoms with Crippen molar-refractivity contribution in [2.24, 2.45) is 0 Å². The molecule has 7 aromatic heterocycles. The zero-order valence-corrected chi connectivity index (χ0v) is 59.9. The molecular formula is C103H62N8. The zero-order valence-electron chi connectivity index (χ0n) is 59.9. The summed E-state index contributed by atoms with van der Waals surface area (Å²) in [5.41, 5.74) is 26.0. The third-order valence-electron chi connectivity index (χ3n) is 23.7. The molecule has 24 rings (SSSR count). The molecule has 0 aliphatic carbocycles. The second-order valence-corrected chi connectivity index (χ2v) is 29.3. The Kier molecular flexibility index (Phi) is 12.9. The van der Waals surface area contributed by atoms with Crippen LogP contribution in [0.1, 0.15) is 5.56 Å². The van der Waals surface area contributed by atoms with E-state index >= 15 is 0 Å². The first-order valence-corrected chi connectivity index (χ1v) is 38.0. The highest BCUT2D eigenvalue weighted by atomic mass is 15.2. The quantitative estimate of drug-likeness (QED) is 0.142. The summed E-state index contributed by atoms with van der Waals surface area (Å²) in [7, 11) is 0. The molecule has 0 spiro atoms. The molecule has 0 aliphatic heterocycles. The first-order valence-electron chi connectivity index (χ1n) is 38.0. The molecule has 0 atom stereocenters. The van der Waals surface area contributed by atoms with Crippen molar-refractivity contribution in [3.63, 3.8) is 0 Å². The van der Waals surface area contributed by atoms with E-state index in [2.05, 4.69) is 414 Å². The van der Waals surface area contributed by atoms with Crippen molar-refractivity contribution in [2.75, 3.05) is 0 Å². The summed E-state index contributed by atoms with van der Waals surface area (Å²) < 4.78 is 17.2. The highest BCUT2D eigenvalue weighted by Crippen LogP contribution is 2.53.